The van der Waals surface area contributed by atoms with Crippen LogP contribution in [0.5, 0.6) is 0 Å². The number of halogens is 2. The quantitative estimate of drug-likeness (QED) is 0.624. The molecular weight excluding hydrogens is 196 g/mol. The Bertz CT molecular complexity index is 227. The predicted octanol–water partition coefficient (Wildman–Crippen LogP) is -0.0908. The minimum absolute atomic E-state index is 0.158. The van der Waals surface area contributed by atoms with Crippen molar-refractivity contribution in [2.45, 2.75) is 24.4 Å². The standard InChI is InChI=1S/C8H13F2NO3/c1-14-6(12)8(9,10)7(13)2-4-11-5-3-7/h11,13H,2-5H2,1H3. The number of hydrogen-bond donors (Lipinski definition) is 2. The van der Waals surface area contributed by atoms with Crippen LogP contribution in [0.4, 0.5) is 8.78 Å². The predicted molar refractivity (Wildman–Crippen MR) is 44.0 cm³/mol. The van der Waals surface area contributed by atoms with E-state index in [0.717, 1.165) is 7.11 Å². The largest absolute Gasteiger partial charge is 0.464 e. The van der Waals surface area contributed by atoms with E-state index in [-0.39, 0.29) is 25.9 Å². The maximum Gasteiger partial charge on any atom is 0.379 e. The smallest absolute Gasteiger partial charge is 0.379 e. The van der Waals surface area contributed by atoms with Gasteiger partial charge in [-0.3, -0.25) is 0 Å². The van der Waals surface area contributed by atoms with Gasteiger partial charge in [-0.2, -0.15) is 8.78 Å². The summed E-state index contributed by atoms with van der Waals surface area (Å²) in [5, 5.41) is 12.4. The molecule has 0 aromatic heterocycles. The fourth-order valence-corrected chi connectivity index (χ4v) is 1.47. The molecule has 1 rings (SSSR count). The molecule has 0 aromatic rings. The Morgan fingerprint density at radius 3 is 2.43 bits per heavy atom. The third-order valence-electron chi connectivity index (χ3n) is 2.46. The van der Waals surface area contributed by atoms with Gasteiger partial charge < -0.3 is 15.2 Å². The van der Waals surface area contributed by atoms with Crippen LogP contribution in [0.1, 0.15) is 12.8 Å². The van der Waals surface area contributed by atoms with Gasteiger partial charge in [0.15, 0.2) is 0 Å². The summed E-state index contributed by atoms with van der Waals surface area (Å²) in [4.78, 5) is 10.8. The van der Waals surface area contributed by atoms with Gasteiger partial charge in [-0.1, -0.05) is 0 Å². The summed E-state index contributed by atoms with van der Waals surface area (Å²) in [6, 6.07) is 0. The molecule has 0 atom stereocenters. The topological polar surface area (TPSA) is 58.6 Å². The summed E-state index contributed by atoms with van der Waals surface area (Å²) in [6.07, 6.45) is -0.315. The molecule has 2 N–H and O–H groups in total. The highest BCUT2D eigenvalue weighted by Gasteiger charge is 2.59. The van der Waals surface area contributed by atoms with Crippen molar-refractivity contribution in [2.24, 2.45) is 0 Å². The zero-order chi connectivity index (χ0) is 10.8. The number of piperidine rings is 1. The van der Waals surface area contributed by atoms with Crippen LogP contribution in [0, 0.1) is 0 Å². The van der Waals surface area contributed by atoms with E-state index in [4.69, 9.17) is 0 Å². The first-order valence-electron chi connectivity index (χ1n) is 4.33. The van der Waals surface area contributed by atoms with Gasteiger partial charge in [0.05, 0.1) is 7.11 Å². The normalized spacial score (nSPS) is 21.7. The van der Waals surface area contributed by atoms with E-state index in [9.17, 15) is 18.7 Å². The molecule has 0 radical (unpaired) electrons. The number of methoxy groups -OCH3 is 1. The number of esters is 1. The second kappa shape index (κ2) is 3.78. The Morgan fingerprint density at radius 1 is 1.50 bits per heavy atom. The van der Waals surface area contributed by atoms with Crippen LogP contribution in [0.15, 0.2) is 0 Å². The Kier molecular flexibility index (Phi) is 3.06. The van der Waals surface area contributed by atoms with Gasteiger partial charge in [-0.15, -0.1) is 0 Å². The summed E-state index contributed by atoms with van der Waals surface area (Å²) in [5.41, 5.74) is -2.27. The number of rotatable bonds is 2. The monoisotopic (exact) mass is 209 g/mol. The van der Waals surface area contributed by atoms with Crippen molar-refractivity contribution in [3.63, 3.8) is 0 Å². The third-order valence-corrected chi connectivity index (χ3v) is 2.46. The van der Waals surface area contributed by atoms with Crippen LogP contribution in [-0.4, -0.2) is 42.8 Å². The maximum atomic E-state index is 13.3. The Morgan fingerprint density at radius 2 is 2.00 bits per heavy atom. The van der Waals surface area contributed by atoms with E-state index < -0.39 is 17.5 Å². The fraction of sp³-hybridized carbons (Fsp3) is 0.875. The number of carbonyl (C=O) groups excluding carboxylic acids is 1. The summed E-state index contributed by atoms with van der Waals surface area (Å²) >= 11 is 0. The molecule has 0 amide bonds. The lowest BCUT2D eigenvalue weighted by molar-refractivity contribution is -0.216. The van der Waals surface area contributed by atoms with Crippen LogP contribution in [0.25, 0.3) is 0 Å². The van der Waals surface area contributed by atoms with Crippen molar-refractivity contribution in [1.29, 1.82) is 0 Å². The maximum absolute atomic E-state index is 13.3. The van der Waals surface area contributed by atoms with Crippen molar-refractivity contribution < 1.29 is 23.4 Å². The summed E-state index contributed by atoms with van der Waals surface area (Å²) in [5.74, 6) is -5.51. The number of carbonyl (C=O) groups is 1. The second-order valence-corrected chi connectivity index (χ2v) is 3.35. The van der Waals surface area contributed by atoms with Crippen LogP contribution < -0.4 is 5.32 Å². The van der Waals surface area contributed by atoms with Crippen molar-refractivity contribution >= 4 is 5.97 Å². The van der Waals surface area contributed by atoms with E-state index in [1.807, 2.05) is 0 Å². The first-order valence-corrected chi connectivity index (χ1v) is 4.33. The third kappa shape index (κ3) is 1.72. The van der Waals surface area contributed by atoms with Gasteiger partial charge >= 0.3 is 11.9 Å². The van der Waals surface area contributed by atoms with Gasteiger partial charge in [0.1, 0.15) is 5.60 Å². The molecule has 1 heterocycles. The molecular formula is C8H13F2NO3. The summed E-state index contributed by atoms with van der Waals surface area (Å²) in [7, 11) is 0.876. The molecule has 1 saturated heterocycles. The molecule has 0 aliphatic carbocycles. The van der Waals surface area contributed by atoms with Crippen molar-refractivity contribution in [1.82, 2.24) is 5.32 Å². The lowest BCUT2D eigenvalue weighted by Gasteiger charge is -2.36. The van der Waals surface area contributed by atoms with Crippen molar-refractivity contribution in [3.05, 3.63) is 0 Å². The van der Waals surface area contributed by atoms with E-state index in [1.54, 1.807) is 0 Å². The first-order chi connectivity index (χ1) is 6.44. The average Bonchev–Trinajstić information content (AvgIpc) is 2.17. The zero-order valence-corrected chi connectivity index (χ0v) is 7.85. The number of ether oxygens (including phenoxy) is 1. The van der Waals surface area contributed by atoms with Crippen molar-refractivity contribution in [3.8, 4) is 0 Å². The average molecular weight is 209 g/mol. The van der Waals surface area contributed by atoms with Crippen LogP contribution in [0.2, 0.25) is 0 Å². The van der Waals surface area contributed by atoms with E-state index >= 15 is 0 Å². The number of hydrogen-bond acceptors (Lipinski definition) is 4. The molecule has 0 aromatic carbocycles. The molecule has 0 bridgehead atoms. The van der Waals surface area contributed by atoms with Crippen LogP contribution >= 0.6 is 0 Å². The molecule has 0 spiro atoms. The Hall–Kier alpha value is -0.750. The summed E-state index contributed by atoms with van der Waals surface area (Å²) < 4.78 is 30.6. The van der Waals surface area contributed by atoms with E-state index in [2.05, 4.69) is 10.1 Å². The minimum atomic E-state index is -3.83. The minimum Gasteiger partial charge on any atom is -0.464 e. The molecule has 14 heavy (non-hydrogen) atoms. The van der Waals surface area contributed by atoms with E-state index in [0.29, 0.717) is 0 Å². The van der Waals surface area contributed by atoms with Crippen LogP contribution in [-0.2, 0) is 9.53 Å². The van der Waals surface area contributed by atoms with E-state index in [1.165, 1.54) is 0 Å². The SMILES string of the molecule is COC(=O)C(F)(F)C1(O)CCNCC1. The summed E-state index contributed by atoms with van der Waals surface area (Å²) in [6.45, 7) is 0.534. The molecule has 4 nitrogen and oxygen atoms in total. The zero-order valence-electron chi connectivity index (χ0n) is 7.85. The Balaban J connectivity index is 2.82. The number of alkyl halides is 2. The molecule has 1 aliphatic rings. The van der Waals surface area contributed by atoms with Crippen molar-refractivity contribution in [2.75, 3.05) is 20.2 Å². The fourth-order valence-electron chi connectivity index (χ4n) is 1.47. The highest BCUT2D eigenvalue weighted by molar-refractivity contribution is 5.79. The molecule has 6 heteroatoms. The highest BCUT2D eigenvalue weighted by Crippen LogP contribution is 2.36. The molecule has 0 saturated carbocycles. The first kappa shape index (κ1) is 11.3. The second-order valence-electron chi connectivity index (χ2n) is 3.35. The van der Waals surface area contributed by atoms with Gasteiger partial charge in [0.25, 0.3) is 0 Å². The van der Waals surface area contributed by atoms with Crippen LogP contribution in [0.3, 0.4) is 0 Å². The number of aliphatic hydroxyl groups is 1. The molecule has 0 unspecified atom stereocenters. The highest BCUT2D eigenvalue weighted by atomic mass is 19.3. The lowest BCUT2D eigenvalue weighted by Crippen LogP contribution is -2.58. The molecule has 82 valence electrons. The van der Waals surface area contributed by atoms with Gasteiger partial charge in [0, 0.05) is 0 Å². The van der Waals surface area contributed by atoms with Gasteiger partial charge in [0.2, 0.25) is 0 Å². The van der Waals surface area contributed by atoms with Gasteiger partial charge in [-0.05, 0) is 25.9 Å². The number of nitrogens with one attached hydrogen (secondary N) is 1. The lowest BCUT2D eigenvalue weighted by atomic mass is 9.86. The molecule has 1 fully saturated rings. The molecule has 1 aliphatic heterocycles. The Labute approximate surface area is 80.2 Å². The van der Waals surface area contributed by atoms with Gasteiger partial charge in [-0.25, -0.2) is 4.79 Å².